The van der Waals surface area contributed by atoms with E-state index in [9.17, 15) is 14.4 Å². The Morgan fingerprint density at radius 2 is 0.724 bits per heavy atom. The first-order valence-electron chi connectivity index (χ1n) is 25.4. The lowest BCUT2D eigenvalue weighted by atomic mass is 9.91. The summed E-state index contributed by atoms with van der Waals surface area (Å²) in [7, 11) is 4.05. The van der Waals surface area contributed by atoms with Gasteiger partial charge in [-0.05, 0) is 116 Å². The lowest BCUT2D eigenvalue weighted by molar-refractivity contribution is -0.150. The molecule has 0 aromatic rings. The molecule has 0 rings (SSSR count). The number of rotatable bonds is 45. The fourth-order valence-electron chi connectivity index (χ4n) is 8.15. The predicted octanol–water partition coefficient (Wildman–Crippen LogP) is 14.9. The Hall–Kier alpha value is -1.63. The first kappa shape index (κ1) is 56.4. The third-order valence-corrected chi connectivity index (χ3v) is 11.9. The van der Waals surface area contributed by atoms with Gasteiger partial charge < -0.3 is 19.1 Å². The highest BCUT2D eigenvalue weighted by molar-refractivity contribution is 5.70. The van der Waals surface area contributed by atoms with Crippen molar-refractivity contribution in [2.75, 3.05) is 33.9 Å². The lowest BCUT2D eigenvalue weighted by Crippen LogP contribution is -2.20. The van der Waals surface area contributed by atoms with Crippen LogP contribution in [0, 0.1) is 11.8 Å². The molecule has 7 heteroatoms. The second-order valence-corrected chi connectivity index (χ2v) is 18.1. The molecule has 0 radical (unpaired) electrons. The second-order valence-electron chi connectivity index (χ2n) is 18.1. The molecular formula is C51H99NO6. The van der Waals surface area contributed by atoms with Gasteiger partial charge in [0.05, 0.1) is 13.2 Å². The zero-order chi connectivity index (χ0) is 42.7. The molecule has 0 bridgehead atoms. The molecule has 0 saturated heterocycles. The summed E-state index contributed by atoms with van der Waals surface area (Å²) >= 11 is 0. The van der Waals surface area contributed by atoms with Crippen LogP contribution in [0.2, 0.25) is 0 Å². The van der Waals surface area contributed by atoms with Crippen LogP contribution in [0.3, 0.4) is 0 Å². The van der Waals surface area contributed by atoms with E-state index in [-0.39, 0.29) is 24.0 Å². The minimum atomic E-state index is -0.106. The SMILES string of the molecule is CCCCCCCCC(CCCCCC)CC(=O)OCCCCCC(CCCCCOC(=O)CC(CCCCCC)CCCCCCCC)OC(=O)CCCN(C)C. The number of hydrogen-bond donors (Lipinski definition) is 0. The van der Waals surface area contributed by atoms with Crippen LogP contribution in [0.4, 0.5) is 0 Å². The predicted molar refractivity (Wildman–Crippen MR) is 246 cm³/mol. The quantitative estimate of drug-likeness (QED) is 0.0344. The highest BCUT2D eigenvalue weighted by Gasteiger charge is 2.18. The van der Waals surface area contributed by atoms with Gasteiger partial charge in [-0.25, -0.2) is 0 Å². The molecule has 7 nitrogen and oxygen atoms in total. The third-order valence-electron chi connectivity index (χ3n) is 11.9. The zero-order valence-corrected chi connectivity index (χ0v) is 39.7. The minimum absolute atomic E-state index is 0.0305. The van der Waals surface area contributed by atoms with Gasteiger partial charge in [0.15, 0.2) is 0 Å². The molecule has 0 aliphatic heterocycles. The maximum absolute atomic E-state index is 12.8. The molecule has 2 unspecified atom stereocenters. The molecule has 0 saturated carbocycles. The molecule has 0 aliphatic carbocycles. The van der Waals surface area contributed by atoms with Crippen LogP contribution in [0.5, 0.6) is 0 Å². The van der Waals surface area contributed by atoms with E-state index in [0.717, 1.165) is 90.0 Å². The van der Waals surface area contributed by atoms with E-state index < -0.39 is 0 Å². The molecule has 0 N–H and O–H groups in total. The summed E-state index contributed by atoms with van der Waals surface area (Å²) in [6, 6.07) is 0. The van der Waals surface area contributed by atoms with Crippen LogP contribution < -0.4 is 0 Å². The van der Waals surface area contributed by atoms with Crippen LogP contribution in [0.15, 0.2) is 0 Å². The summed E-state index contributed by atoms with van der Waals surface area (Å²) in [6.45, 7) is 10.8. The molecule has 2 atom stereocenters. The van der Waals surface area contributed by atoms with Gasteiger partial charge in [0.1, 0.15) is 6.10 Å². The molecule has 0 aromatic heterocycles. The molecule has 344 valence electrons. The van der Waals surface area contributed by atoms with Gasteiger partial charge in [-0.2, -0.15) is 0 Å². The fourth-order valence-corrected chi connectivity index (χ4v) is 8.15. The van der Waals surface area contributed by atoms with E-state index >= 15 is 0 Å². The van der Waals surface area contributed by atoms with Crippen molar-refractivity contribution < 1.29 is 28.6 Å². The van der Waals surface area contributed by atoms with Gasteiger partial charge in [-0.15, -0.1) is 0 Å². The normalized spacial score (nSPS) is 13.1. The number of carbonyl (C=O) groups excluding carboxylic acids is 3. The van der Waals surface area contributed by atoms with E-state index in [0.29, 0.717) is 44.3 Å². The zero-order valence-electron chi connectivity index (χ0n) is 39.7. The van der Waals surface area contributed by atoms with Crippen molar-refractivity contribution in [3.8, 4) is 0 Å². The average Bonchev–Trinajstić information content (AvgIpc) is 3.19. The summed E-state index contributed by atoms with van der Waals surface area (Å²) in [5.74, 6) is 0.736. The van der Waals surface area contributed by atoms with Crippen molar-refractivity contribution in [1.82, 2.24) is 4.90 Å². The van der Waals surface area contributed by atoms with E-state index in [4.69, 9.17) is 14.2 Å². The Morgan fingerprint density at radius 3 is 1.10 bits per heavy atom. The Morgan fingerprint density at radius 1 is 0.397 bits per heavy atom. The molecule has 0 heterocycles. The highest BCUT2D eigenvalue weighted by Crippen LogP contribution is 2.24. The van der Waals surface area contributed by atoms with Crippen LogP contribution in [-0.4, -0.2) is 62.8 Å². The maximum atomic E-state index is 12.8. The maximum Gasteiger partial charge on any atom is 0.306 e. The monoisotopic (exact) mass is 822 g/mol. The van der Waals surface area contributed by atoms with Gasteiger partial charge in [0.2, 0.25) is 0 Å². The smallest absolute Gasteiger partial charge is 0.306 e. The van der Waals surface area contributed by atoms with Gasteiger partial charge >= 0.3 is 17.9 Å². The van der Waals surface area contributed by atoms with Crippen LogP contribution in [0.1, 0.15) is 259 Å². The summed E-state index contributed by atoms with van der Waals surface area (Å²) in [5, 5.41) is 0. The molecule has 0 aliphatic rings. The minimum Gasteiger partial charge on any atom is -0.466 e. The molecule has 0 spiro atoms. The number of ether oxygens (including phenoxy) is 3. The average molecular weight is 822 g/mol. The summed E-state index contributed by atoms with van der Waals surface area (Å²) in [5.41, 5.74) is 0. The van der Waals surface area contributed by atoms with Gasteiger partial charge in [0, 0.05) is 19.3 Å². The Balaban J connectivity index is 4.67. The van der Waals surface area contributed by atoms with Gasteiger partial charge in [-0.1, -0.05) is 156 Å². The second kappa shape index (κ2) is 43.5. The van der Waals surface area contributed by atoms with Crippen LogP contribution in [0.25, 0.3) is 0 Å². The molecule has 0 aromatic carbocycles. The topological polar surface area (TPSA) is 82.1 Å². The first-order chi connectivity index (χ1) is 28.2. The van der Waals surface area contributed by atoms with Crippen molar-refractivity contribution in [3.63, 3.8) is 0 Å². The largest absolute Gasteiger partial charge is 0.466 e. The van der Waals surface area contributed by atoms with E-state index in [1.165, 1.54) is 128 Å². The molecular weight excluding hydrogens is 723 g/mol. The van der Waals surface area contributed by atoms with E-state index in [1.54, 1.807) is 0 Å². The number of carbonyl (C=O) groups is 3. The standard InChI is InChI=1S/C51H99NO6/c1-7-11-15-19-21-27-36-46(34-25-17-13-9-3)44-50(54)56-42-31-23-29-38-48(58-49(53)40-33-41-52(5)6)39-30-24-32-43-57-51(55)45-47(35-26-18-14-10-4)37-28-22-20-16-12-8-2/h46-48H,7-45H2,1-6H3. The Labute approximate surface area is 361 Å². The van der Waals surface area contributed by atoms with Gasteiger partial charge in [0.25, 0.3) is 0 Å². The van der Waals surface area contributed by atoms with Crippen molar-refractivity contribution in [2.45, 2.75) is 265 Å². The van der Waals surface area contributed by atoms with E-state index in [2.05, 4.69) is 32.6 Å². The summed E-state index contributed by atoms with van der Waals surface area (Å²) < 4.78 is 17.5. The van der Waals surface area contributed by atoms with Crippen LogP contribution in [-0.2, 0) is 28.6 Å². The Kier molecular flexibility index (Phi) is 42.2. The van der Waals surface area contributed by atoms with Gasteiger partial charge in [-0.3, -0.25) is 14.4 Å². The number of unbranched alkanes of at least 4 members (excludes halogenated alkanes) is 20. The number of nitrogens with zero attached hydrogens (tertiary/aromatic N) is 1. The van der Waals surface area contributed by atoms with Crippen molar-refractivity contribution in [2.24, 2.45) is 11.8 Å². The highest BCUT2D eigenvalue weighted by atomic mass is 16.5. The fraction of sp³-hybridized carbons (Fsp3) is 0.941. The molecule has 58 heavy (non-hydrogen) atoms. The number of hydrogen-bond acceptors (Lipinski definition) is 7. The van der Waals surface area contributed by atoms with Crippen molar-refractivity contribution in [1.29, 1.82) is 0 Å². The number of esters is 3. The van der Waals surface area contributed by atoms with Crippen LogP contribution >= 0.6 is 0 Å². The third kappa shape index (κ3) is 39.8. The molecule has 0 amide bonds. The Bertz CT molecular complexity index is 851. The summed E-state index contributed by atoms with van der Waals surface area (Å²) in [6.07, 6.45) is 39.5. The van der Waals surface area contributed by atoms with E-state index in [1.807, 2.05) is 14.1 Å². The first-order valence-corrected chi connectivity index (χ1v) is 25.4. The lowest BCUT2D eigenvalue weighted by Gasteiger charge is -2.19. The van der Waals surface area contributed by atoms with Crippen molar-refractivity contribution >= 4 is 17.9 Å². The summed E-state index contributed by atoms with van der Waals surface area (Å²) in [4.78, 5) is 40.4. The van der Waals surface area contributed by atoms with Crippen molar-refractivity contribution in [3.05, 3.63) is 0 Å². The molecule has 0 fully saturated rings.